The van der Waals surface area contributed by atoms with Crippen molar-refractivity contribution in [3.63, 3.8) is 0 Å². The molecule has 0 unspecified atom stereocenters. The van der Waals surface area contributed by atoms with Gasteiger partial charge >= 0.3 is 0 Å². The lowest BCUT2D eigenvalue weighted by Crippen LogP contribution is -2.26. The van der Waals surface area contributed by atoms with Crippen LogP contribution in [-0.4, -0.2) is 16.0 Å². The maximum atomic E-state index is 4.96. The van der Waals surface area contributed by atoms with Crippen LogP contribution in [0.5, 0.6) is 0 Å². The first-order valence-corrected chi connectivity index (χ1v) is 9.56. The van der Waals surface area contributed by atoms with Crippen molar-refractivity contribution in [2.24, 2.45) is 0 Å². The number of nitrogens with zero attached hydrogens (tertiary/aromatic N) is 2. The van der Waals surface area contributed by atoms with E-state index in [0.29, 0.717) is 6.04 Å². The van der Waals surface area contributed by atoms with Crippen LogP contribution in [0.2, 0.25) is 0 Å². The molecule has 3 heteroatoms. The summed E-state index contributed by atoms with van der Waals surface area (Å²) in [4.78, 5) is 9.89. The molecule has 1 aliphatic carbocycles. The van der Waals surface area contributed by atoms with E-state index in [9.17, 15) is 0 Å². The number of para-hydroxylation sites is 2. The van der Waals surface area contributed by atoms with Gasteiger partial charge in [0.2, 0.25) is 0 Å². The summed E-state index contributed by atoms with van der Waals surface area (Å²) >= 11 is 0. The highest BCUT2D eigenvalue weighted by molar-refractivity contribution is 5.86. The van der Waals surface area contributed by atoms with Gasteiger partial charge in [-0.25, -0.2) is 9.97 Å². The fourth-order valence-electron chi connectivity index (χ4n) is 3.51. The zero-order valence-electron chi connectivity index (χ0n) is 15.1. The van der Waals surface area contributed by atoms with E-state index in [1.54, 1.807) is 0 Å². The Morgan fingerprint density at radius 3 is 1.74 bits per heavy atom. The van der Waals surface area contributed by atoms with Gasteiger partial charge in [-0.05, 0) is 43.5 Å². The summed E-state index contributed by atoms with van der Waals surface area (Å²) in [5, 5.41) is 3.60. The van der Waals surface area contributed by atoms with Crippen LogP contribution in [0.4, 0.5) is 5.69 Å². The molecule has 3 nitrogen and oxygen atoms in total. The zero-order valence-corrected chi connectivity index (χ0v) is 15.1. The molecule has 0 radical (unpaired) electrons. The van der Waals surface area contributed by atoms with Crippen molar-refractivity contribution in [2.45, 2.75) is 25.3 Å². The highest BCUT2D eigenvalue weighted by Crippen LogP contribution is 2.32. The summed E-state index contributed by atoms with van der Waals surface area (Å²) in [5.41, 5.74) is 7.04. The summed E-state index contributed by atoms with van der Waals surface area (Å²) in [6.07, 6.45) is 3.88. The molecule has 1 N–H and O–H groups in total. The highest BCUT2D eigenvalue weighted by Gasteiger charge is 2.17. The van der Waals surface area contributed by atoms with E-state index < -0.39 is 0 Å². The Balaban J connectivity index is 1.60. The number of benzene rings is 3. The van der Waals surface area contributed by atoms with E-state index >= 15 is 0 Å². The minimum absolute atomic E-state index is 0.635. The van der Waals surface area contributed by atoms with E-state index in [1.165, 1.54) is 24.9 Å². The molecule has 0 bridgehead atoms. The largest absolute Gasteiger partial charge is 0.382 e. The fraction of sp³-hybridized carbons (Fsp3) is 0.167. The maximum Gasteiger partial charge on any atom is 0.0973 e. The van der Waals surface area contributed by atoms with Crippen molar-refractivity contribution in [3.8, 4) is 22.5 Å². The summed E-state index contributed by atoms with van der Waals surface area (Å²) < 4.78 is 0. The standard InChI is InChI=1S/C24H21N3/c1-2-7-17(8-3-1)23-24(27-22-12-5-4-11-21(22)26-23)18-13-15-20(16-14-18)25-19-9-6-10-19/h1-5,7-8,11-16,19,25H,6,9-10H2. The Bertz CT molecular complexity index is 1070. The Morgan fingerprint density at radius 2 is 1.19 bits per heavy atom. The zero-order chi connectivity index (χ0) is 18.1. The molecule has 4 aromatic rings. The first kappa shape index (κ1) is 16.0. The summed E-state index contributed by atoms with van der Waals surface area (Å²) in [6.45, 7) is 0. The van der Waals surface area contributed by atoms with Gasteiger partial charge < -0.3 is 5.32 Å². The Hall–Kier alpha value is -3.20. The Kier molecular flexibility index (Phi) is 4.06. The van der Waals surface area contributed by atoms with E-state index in [1.807, 2.05) is 42.5 Å². The van der Waals surface area contributed by atoms with Crippen molar-refractivity contribution in [2.75, 3.05) is 5.32 Å². The molecule has 132 valence electrons. The van der Waals surface area contributed by atoms with Crippen molar-refractivity contribution in [1.29, 1.82) is 0 Å². The van der Waals surface area contributed by atoms with Crippen molar-refractivity contribution < 1.29 is 0 Å². The predicted octanol–water partition coefficient (Wildman–Crippen LogP) is 5.93. The molecule has 3 aromatic carbocycles. The smallest absolute Gasteiger partial charge is 0.0973 e. The van der Waals surface area contributed by atoms with Gasteiger partial charge in [-0.3, -0.25) is 0 Å². The number of nitrogens with one attached hydrogen (secondary N) is 1. The minimum atomic E-state index is 0.635. The maximum absolute atomic E-state index is 4.96. The number of anilines is 1. The van der Waals surface area contributed by atoms with E-state index in [0.717, 1.165) is 33.5 Å². The summed E-state index contributed by atoms with van der Waals surface area (Å²) in [6, 6.07) is 27.6. The van der Waals surface area contributed by atoms with Crippen molar-refractivity contribution >= 4 is 16.7 Å². The van der Waals surface area contributed by atoms with E-state index in [-0.39, 0.29) is 0 Å². The van der Waals surface area contributed by atoms with Gasteiger partial charge in [0.05, 0.1) is 22.4 Å². The number of hydrogen-bond donors (Lipinski definition) is 1. The van der Waals surface area contributed by atoms with E-state index in [4.69, 9.17) is 9.97 Å². The first-order chi connectivity index (χ1) is 13.4. The monoisotopic (exact) mass is 351 g/mol. The van der Waals surface area contributed by atoms with Gasteiger partial charge in [-0.15, -0.1) is 0 Å². The fourth-order valence-corrected chi connectivity index (χ4v) is 3.51. The molecule has 1 heterocycles. The molecule has 1 aromatic heterocycles. The van der Waals surface area contributed by atoms with E-state index in [2.05, 4.69) is 41.7 Å². The predicted molar refractivity (Wildman–Crippen MR) is 112 cm³/mol. The molecule has 1 saturated carbocycles. The van der Waals surface area contributed by atoms with Crippen LogP contribution in [0.25, 0.3) is 33.5 Å². The molecule has 0 aliphatic heterocycles. The van der Waals surface area contributed by atoms with Gasteiger partial charge in [0.15, 0.2) is 0 Å². The third-order valence-corrected chi connectivity index (χ3v) is 5.25. The van der Waals surface area contributed by atoms with Crippen LogP contribution < -0.4 is 5.32 Å². The first-order valence-electron chi connectivity index (χ1n) is 9.56. The molecule has 27 heavy (non-hydrogen) atoms. The van der Waals surface area contributed by atoms with Crippen LogP contribution >= 0.6 is 0 Å². The number of aromatic nitrogens is 2. The second kappa shape index (κ2) is 6.84. The second-order valence-corrected chi connectivity index (χ2v) is 7.13. The lowest BCUT2D eigenvalue weighted by atomic mass is 9.93. The lowest BCUT2D eigenvalue weighted by Gasteiger charge is -2.27. The Morgan fingerprint density at radius 1 is 0.630 bits per heavy atom. The quantitative estimate of drug-likeness (QED) is 0.495. The van der Waals surface area contributed by atoms with Crippen LogP contribution in [0.1, 0.15) is 19.3 Å². The Labute approximate surface area is 159 Å². The number of rotatable bonds is 4. The highest BCUT2D eigenvalue weighted by atomic mass is 14.9. The van der Waals surface area contributed by atoms with Crippen LogP contribution in [0, 0.1) is 0 Å². The molecule has 5 rings (SSSR count). The molecule has 0 spiro atoms. The van der Waals surface area contributed by atoms with Gasteiger partial charge in [-0.2, -0.15) is 0 Å². The molecule has 1 aliphatic rings. The van der Waals surface area contributed by atoms with Gasteiger partial charge in [0.25, 0.3) is 0 Å². The third kappa shape index (κ3) is 3.17. The van der Waals surface area contributed by atoms with Crippen molar-refractivity contribution in [1.82, 2.24) is 9.97 Å². The second-order valence-electron chi connectivity index (χ2n) is 7.13. The number of fused-ring (bicyclic) bond motifs is 1. The average molecular weight is 351 g/mol. The van der Waals surface area contributed by atoms with Gasteiger partial charge in [0, 0.05) is 22.9 Å². The SMILES string of the molecule is c1ccc(-c2nc3ccccc3nc2-c2ccc(NC3CCC3)cc2)cc1. The van der Waals surface area contributed by atoms with Crippen LogP contribution in [-0.2, 0) is 0 Å². The minimum Gasteiger partial charge on any atom is -0.382 e. The molecule has 1 fully saturated rings. The topological polar surface area (TPSA) is 37.8 Å². The van der Waals surface area contributed by atoms with Crippen molar-refractivity contribution in [3.05, 3.63) is 78.9 Å². The summed E-state index contributed by atoms with van der Waals surface area (Å²) in [7, 11) is 0. The summed E-state index contributed by atoms with van der Waals surface area (Å²) in [5.74, 6) is 0. The van der Waals surface area contributed by atoms with Gasteiger partial charge in [-0.1, -0.05) is 54.6 Å². The molecular weight excluding hydrogens is 330 g/mol. The average Bonchev–Trinajstić information content (AvgIpc) is 2.71. The van der Waals surface area contributed by atoms with Gasteiger partial charge in [0.1, 0.15) is 0 Å². The van der Waals surface area contributed by atoms with Crippen LogP contribution in [0.3, 0.4) is 0 Å². The lowest BCUT2D eigenvalue weighted by molar-refractivity contribution is 0.445. The van der Waals surface area contributed by atoms with Crippen LogP contribution in [0.15, 0.2) is 78.9 Å². The normalized spacial score (nSPS) is 14.1. The number of hydrogen-bond acceptors (Lipinski definition) is 3. The molecule has 0 amide bonds. The molecule has 0 atom stereocenters. The molecular formula is C24H21N3. The third-order valence-electron chi connectivity index (χ3n) is 5.25. The molecule has 0 saturated heterocycles.